The molecule has 1 unspecified atom stereocenters. The lowest BCUT2D eigenvalue weighted by atomic mass is 9.96. The summed E-state index contributed by atoms with van der Waals surface area (Å²) in [6, 6.07) is 9.87. The number of hydrogen-bond donors (Lipinski definition) is 1. The highest BCUT2D eigenvalue weighted by atomic mass is 16.2. The van der Waals surface area contributed by atoms with Gasteiger partial charge in [-0.05, 0) is 57.2 Å². The zero-order valence-corrected chi connectivity index (χ0v) is 19.9. The average Bonchev–Trinajstić information content (AvgIpc) is 3.48. The summed E-state index contributed by atoms with van der Waals surface area (Å²) >= 11 is 0. The number of piperidine rings is 1. The largest absolute Gasteiger partial charge is 0.355 e. The number of terminal acetylenes is 1. The molecule has 3 aromatic rings. The van der Waals surface area contributed by atoms with E-state index in [0.717, 1.165) is 73.6 Å². The Morgan fingerprint density at radius 3 is 2.85 bits per heavy atom. The summed E-state index contributed by atoms with van der Waals surface area (Å²) in [4.78, 5) is 22.7. The molecule has 1 aromatic carbocycles. The molecule has 2 aliphatic heterocycles. The minimum absolute atomic E-state index is 0.0305. The summed E-state index contributed by atoms with van der Waals surface area (Å²) in [5.41, 5.74) is 10.6. The molecule has 34 heavy (non-hydrogen) atoms. The van der Waals surface area contributed by atoms with Crippen molar-refractivity contribution in [3.05, 3.63) is 58.9 Å². The van der Waals surface area contributed by atoms with Crippen LogP contribution < -0.4 is 10.6 Å². The second kappa shape index (κ2) is 9.11. The minimum atomic E-state index is -0.0689. The van der Waals surface area contributed by atoms with Crippen LogP contribution in [0.5, 0.6) is 0 Å². The number of likely N-dealkylation sites (tertiary alicyclic amines) is 1. The van der Waals surface area contributed by atoms with Gasteiger partial charge in [-0.1, -0.05) is 18.1 Å². The fraction of sp³-hybridized carbons (Fsp3) is 0.444. The van der Waals surface area contributed by atoms with E-state index in [9.17, 15) is 4.79 Å². The normalized spacial score (nSPS) is 21.6. The van der Waals surface area contributed by atoms with E-state index < -0.39 is 0 Å². The predicted molar refractivity (Wildman–Crippen MR) is 134 cm³/mol. The number of nitrogens with two attached hydrogens (primary N) is 1. The van der Waals surface area contributed by atoms with E-state index in [1.54, 1.807) is 0 Å². The third kappa shape index (κ3) is 4.14. The van der Waals surface area contributed by atoms with Crippen LogP contribution in [-0.2, 0) is 0 Å². The molecule has 7 heteroatoms. The van der Waals surface area contributed by atoms with Crippen molar-refractivity contribution in [2.45, 2.75) is 57.5 Å². The molecule has 0 saturated carbocycles. The highest BCUT2D eigenvalue weighted by Gasteiger charge is 2.31. The lowest BCUT2D eigenvalue weighted by molar-refractivity contribution is 0.0605. The van der Waals surface area contributed by atoms with Crippen molar-refractivity contribution in [1.82, 2.24) is 19.5 Å². The van der Waals surface area contributed by atoms with Crippen LogP contribution in [0.3, 0.4) is 0 Å². The van der Waals surface area contributed by atoms with E-state index in [2.05, 4.69) is 17.7 Å². The van der Waals surface area contributed by atoms with Crippen molar-refractivity contribution >= 4 is 17.4 Å². The fourth-order valence-electron chi connectivity index (χ4n) is 5.17. The summed E-state index contributed by atoms with van der Waals surface area (Å²) in [6.07, 6.45) is 11.6. The number of amides is 1. The van der Waals surface area contributed by atoms with Gasteiger partial charge in [-0.2, -0.15) is 5.10 Å². The van der Waals surface area contributed by atoms with Crippen LogP contribution in [0, 0.1) is 19.3 Å². The number of aromatic nitrogens is 3. The topological polar surface area (TPSA) is 79.8 Å². The Bertz CT molecular complexity index is 1260. The molecule has 1 amide bonds. The van der Waals surface area contributed by atoms with Gasteiger partial charge in [0.05, 0.1) is 11.7 Å². The van der Waals surface area contributed by atoms with Crippen LogP contribution >= 0.6 is 0 Å². The van der Waals surface area contributed by atoms with Crippen LogP contribution in [0.1, 0.15) is 71.7 Å². The Kier molecular flexibility index (Phi) is 6.01. The van der Waals surface area contributed by atoms with Crippen LogP contribution in [-0.4, -0.2) is 51.1 Å². The number of anilines is 1. The third-order valence-electron chi connectivity index (χ3n) is 7.14. The van der Waals surface area contributed by atoms with Crippen molar-refractivity contribution < 1.29 is 4.79 Å². The average molecular weight is 457 g/mol. The van der Waals surface area contributed by atoms with Gasteiger partial charge in [0.1, 0.15) is 5.82 Å². The first-order chi connectivity index (χ1) is 16.4. The highest BCUT2D eigenvalue weighted by Crippen LogP contribution is 2.33. The van der Waals surface area contributed by atoms with Gasteiger partial charge in [0.25, 0.3) is 5.91 Å². The molecular formula is C27H32N6O. The smallest absolute Gasteiger partial charge is 0.254 e. The number of fused-ring (bicyclic) bond motifs is 1. The zero-order chi connectivity index (χ0) is 23.8. The van der Waals surface area contributed by atoms with Gasteiger partial charge in [-0.15, -0.1) is 6.42 Å². The number of nitrogens with zero attached hydrogens (tertiary/aromatic N) is 5. The van der Waals surface area contributed by atoms with E-state index in [-0.39, 0.29) is 23.9 Å². The van der Waals surface area contributed by atoms with Crippen molar-refractivity contribution in [2.75, 3.05) is 24.5 Å². The zero-order valence-electron chi connectivity index (χ0n) is 19.9. The maximum absolute atomic E-state index is 13.6. The molecule has 2 fully saturated rings. The first-order valence-electron chi connectivity index (χ1n) is 12.2. The van der Waals surface area contributed by atoms with Gasteiger partial charge in [0.15, 0.2) is 5.65 Å². The Morgan fingerprint density at radius 2 is 2.09 bits per heavy atom. The molecule has 3 atom stereocenters. The fourth-order valence-corrected chi connectivity index (χ4v) is 5.17. The van der Waals surface area contributed by atoms with Crippen molar-refractivity contribution in [3.8, 4) is 12.3 Å². The van der Waals surface area contributed by atoms with Crippen molar-refractivity contribution in [2.24, 2.45) is 5.73 Å². The molecule has 0 radical (unpaired) electrons. The monoisotopic (exact) mass is 456 g/mol. The van der Waals surface area contributed by atoms with E-state index in [1.165, 1.54) is 0 Å². The Labute approximate surface area is 200 Å². The van der Waals surface area contributed by atoms with Crippen LogP contribution in [0.25, 0.3) is 5.65 Å². The maximum atomic E-state index is 13.6. The molecule has 2 aromatic heterocycles. The van der Waals surface area contributed by atoms with Gasteiger partial charge in [-0.3, -0.25) is 4.79 Å². The summed E-state index contributed by atoms with van der Waals surface area (Å²) in [5, 5.41) is 4.86. The maximum Gasteiger partial charge on any atom is 0.254 e. The minimum Gasteiger partial charge on any atom is -0.355 e. The molecule has 2 aliphatic rings. The lowest BCUT2D eigenvalue weighted by Crippen LogP contribution is -2.38. The Balaban J connectivity index is 1.45. The Hall–Kier alpha value is -3.37. The number of rotatable bonds is 4. The summed E-state index contributed by atoms with van der Waals surface area (Å²) in [6.45, 7) is 6.51. The van der Waals surface area contributed by atoms with Gasteiger partial charge < -0.3 is 15.5 Å². The molecule has 2 N–H and O–H groups in total. The molecule has 2 saturated heterocycles. The molecule has 0 bridgehead atoms. The lowest BCUT2D eigenvalue weighted by Gasteiger charge is -2.35. The number of carbonyl (C=O) groups is 1. The van der Waals surface area contributed by atoms with Gasteiger partial charge in [-0.25, -0.2) is 9.50 Å². The van der Waals surface area contributed by atoms with Crippen molar-refractivity contribution in [3.63, 3.8) is 0 Å². The van der Waals surface area contributed by atoms with E-state index >= 15 is 0 Å². The second-order valence-corrected chi connectivity index (χ2v) is 9.64. The van der Waals surface area contributed by atoms with Gasteiger partial charge >= 0.3 is 0 Å². The third-order valence-corrected chi connectivity index (χ3v) is 7.14. The highest BCUT2D eigenvalue weighted by molar-refractivity contribution is 5.94. The van der Waals surface area contributed by atoms with E-state index in [4.69, 9.17) is 22.2 Å². The number of aryl methyl sites for hydroxylation is 1. The number of benzene rings is 1. The van der Waals surface area contributed by atoms with Crippen LogP contribution in [0.15, 0.2) is 36.5 Å². The van der Waals surface area contributed by atoms with Gasteiger partial charge in [0, 0.05) is 55.0 Å². The molecule has 7 nitrogen and oxygen atoms in total. The Morgan fingerprint density at radius 1 is 1.24 bits per heavy atom. The van der Waals surface area contributed by atoms with Crippen molar-refractivity contribution in [1.29, 1.82) is 0 Å². The van der Waals surface area contributed by atoms with Crippen LogP contribution in [0.2, 0.25) is 0 Å². The summed E-state index contributed by atoms with van der Waals surface area (Å²) in [5.74, 6) is 3.73. The predicted octanol–water partition coefficient (Wildman–Crippen LogP) is 3.68. The van der Waals surface area contributed by atoms with Gasteiger partial charge in [0.2, 0.25) is 0 Å². The molecule has 5 rings (SSSR count). The molecule has 0 aliphatic carbocycles. The molecule has 176 valence electrons. The summed E-state index contributed by atoms with van der Waals surface area (Å²) < 4.78 is 1.84. The molecular weight excluding hydrogens is 424 g/mol. The van der Waals surface area contributed by atoms with E-state index in [1.807, 2.05) is 52.9 Å². The molecule has 4 heterocycles. The first kappa shape index (κ1) is 22.4. The van der Waals surface area contributed by atoms with E-state index in [0.29, 0.717) is 5.56 Å². The first-order valence-corrected chi connectivity index (χ1v) is 12.2. The number of carbonyl (C=O) groups excluding carboxylic acids is 1. The second-order valence-electron chi connectivity index (χ2n) is 9.64. The SMILES string of the molecule is C#CC(C)c1cccc(C(=O)N2CCCC[C@H]2c2cc3nc(N4CC[C@H](N)C4)c(C)cn3n2)c1. The van der Waals surface area contributed by atoms with Crippen LogP contribution in [0.4, 0.5) is 5.82 Å². The summed E-state index contributed by atoms with van der Waals surface area (Å²) in [7, 11) is 0. The number of hydrogen-bond acceptors (Lipinski definition) is 5. The quantitative estimate of drug-likeness (QED) is 0.606. The molecule has 0 spiro atoms. The standard InChI is InChI=1S/C27H32N6O/c1-4-18(2)20-8-7-9-21(14-20)27(34)32-12-6-5-10-24(32)23-15-25-29-26(19(3)16-33(25)30-23)31-13-11-22(28)17-31/h1,7-9,14-16,18,22,24H,5-6,10-13,17,28H2,2-3H3/t18?,22-,24-/m0/s1.